The third kappa shape index (κ3) is 4.37. The van der Waals surface area contributed by atoms with E-state index in [4.69, 9.17) is 9.47 Å². The van der Waals surface area contributed by atoms with Crippen molar-refractivity contribution in [2.24, 2.45) is 0 Å². The van der Waals surface area contributed by atoms with Crippen molar-refractivity contribution in [3.05, 3.63) is 0 Å². The zero-order chi connectivity index (χ0) is 10.4. The second-order valence-corrected chi connectivity index (χ2v) is 4.02. The Morgan fingerprint density at radius 1 is 1.64 bits per heavy atom. The van der Waals surface area contributed by atoms with Crippen LogP contribution in [-0.2, 0) is 9.47 Å². The van der Waals surface area contributed by atoms with Gasteiger partial charge in [-0.3, -0.25) is 0 Å². The smallest absolute Gasteiger partial charge is 0.0826 e. The number of ether oxygens (including phenoxy) is 2. The van der Waals surface area contributed by atoms with E-state index in [2.05, 4.69) is 24.2 Å². The lowest BCUT2D eigenvalue weighted by molar-refractivity contribution is -0.0200. The largest absolute Gasteiger partial charge is 0.383 e. The summed E-state index contributed by atoms with van der Waals surface area (Å²) in [4.78, 5) is 2.30. The summed E-state index contributed by atoms with van der Waals surface area (Å²) < 4.78 is 10.7. The summed E-state index contributed by atoms with van der Waals surface area (Å²) in [6, 6.07) is 0.399. The van der Waals surface area contributed by atoms with Crippen LogP contribution in [0.5, 0.6) is 0 Å². The van der Waals surface area contributed by atoms with E-state index in [1.165, 1.54) is 0 Å². The minimum absolute atomic E-state index is 0.327. The topological polar surface area (TPSA) is 33.7 Å². The molecule has 0 aromatic heterocycles. The number of likely N-dealkylation sites (N-methyl/N-ethyl adjacent to an activating group) is 1. The summed E-state index contributed by atoms with van der Waals surface area (Å²) in [5, 5.41) is 3.40. The number of rotatable bonds is 5. The lowest BCUT2D eigenvalue weighted by atomic mass is 10.2. The van der Waals surface area contributed by atoms with Crippen molar-refractivity contribution in [3.63, 3.8) is 0 Å². The molecule has 1 rings (SSSR count). The highest BCUT2D eigenvalue weighted by Crippen LogP contribution is 2.01. The van der Waals surface area contributed by atoms with E-state index in [0.717, 1.165) is 32.8 Å². The molecule has 0 amide bonds. The summed E-state index contributed by atoms with van der Waals surface area (Å²) in [5.74, 6) is 0. The molecular weight excluding hydrogens is 180 g/mol. The van der Waals surface area contributed by atoms with Crippen molar-refractivity contribution in [2.75, 3.05) is 47.0 Å². The van der Waals surface area contributed by atoms with Crippen LogP contribution < -0.4 is 5.32 Å². The first kappa shape index (κ1) is 11.9. The van der Waals surface area contributed by atoms with Crippen molar-refractivity contribution < 1.29 is 9.47 Å². The maximum Gasteiger partial charge on any atom is 0.0826 e. The van der Waals surface area contributed by atoms with Crippen LogP contribution in [0.2, 0.25) is 0 Å². The molecule has 1 N–H and O–H groups in total. The van der Waals surface area contributed by atoms with Gasteiger partial charge in [-0.1, -0.05) is 0 Å². The van der Waals surface area contributed by atoms with E-state index < -0.39 is 0 Å². The first-order valence-electron chi connectivity index (χ1n) is 5.25. The molecule has 0 bridgehead atoms. The van der Waals surface area contributed by atoms with Gasteiger partial charge in [-0.2, -0.15) is 0 Å². The SMILES string of the molecule is COC[C@@H](C)NC[C@H]1CN(C)CCO1. The minimum atomic E-state index is 0.327. The molecule has 0 radical (unpaired) electrons. The van der Waals surface area contributed by atoms with Gasteiger partial charge >= 0.3 is 0 Å². The van der Waals surface area contributed by atoms with E-state index >= 15 is 0 Å². The molecule has 1 saturated heterocycles. The molecule has 4 heteroatoms. The Labute approximate surface area is 86.6 Å². The number of nitrogens with zero attached hydrogens (tertiary/aromatic N) is 1. The third-order valence-electron chi connectivity index (χ3n) is 2.45. The lowest BCUT2D eigenvalue weighted by Gasteiger charge is -2.30. The first-order valence-corrected chi connectivity index (χ1v) is 5.25. The Bertz CT molecular complexity index is 155. The lowest BCUT2D eigenvalue weighted by Crippen LogP contribution is -2.47. The van der Waals surface area contributed by atoms with Crippen molar-refractivity contribution in [3.8, 4) is 0 Å². The van der Waals surface area contributed by atoms with E-state index in [-0.39, 0.29) is 0 Å². The molecule has 1 heterocycles. The van der Waals surface area contributed by atoms with Gasteiger partial charge in [-0.15, -0.1) is 0 Å². The third-order valence-corrected chi connectivity index (χ3v) is 2.45. The minimum Gasteiger partial charge on any atom is -0.383 e. The molecule has 0 saturated carbocycles. The second kappa shape index (κ2) is 6.35. The van der Waals surface area contributed by atoms with Gasteiger partial charge in [0, 0.05) is 32.8 Å². The van der Waals surface area contributed by atoms with E-state index in [0.29, 0.717) is 12.1 Å². The molecule has 0 aliphatic carbocycles. The highest BCUT2D eigenvalue weighted by molar-refractivity contribution is 4.72. The van der Waals surface area contributed by atoms with Gasteiger partial charge in [0.2, 0.25) is 0 Å². The second-order valence-electron chi connectivity index (χ2n) is 4.02. The van der Waals surface area contributed by atoms with Gasteiger partial charge in [0.05, 0.1) is 19.3 Å². The Morgan fingerprint density at radius 3 is 3.07 bits per heavy atom. The van der Waals surface area contributed by atoms with Crippen LogP contribution in [0.15, 0.2) is 0 Å². The fourth-order valence-electron chi connectivity index (χ4n) is 1.63. The molecule has 14 heavy (non-hydrogen) atoms. The standard InChI is InChI=1S/C10H22N2O2/c1-9(8-13-3)11-6-10-7-12(2)4-5-14-10/h9-11H,4-8H2,1-3H3/t9-,10+/m1/s1. The summed E-state index contributed by atoms with van der Waals surface area (Å²) in [5.41, 5.74) is 0. The Morgan fingerprint density at radius 2 is 2.43 bits per heavy atom. The zero-order valence-electron chi connectivity index (χ0n) is 9.45. The predicted octanol–water partition coefficient (Wildman–Crippen LogP) is -0.0585. The number of nitrogens with one attached hydrogen (secondary N) is 1. The molecular formula is C10H22N2O2. The van der Waals surface area contributed by atoms with E-state index in [1.807, 2.05) is 0 Å². The monoisotopic (exact) mass is 202 g/mol. The predicted molar refractivity (Wildman–Crippen MR) is 56.6 cm³/mol. The van der Waals surface area contributed by atoms with Crippen LogP contribution in [0.1, 0.15) is 6.92 Å². The van der Waals surface area contributed by atoms with Crippen LogP contribution in [0.3, 0.4) is 0 Å². The van der Waals surface area contributed by atoms with Gasteiger partial charge in [0.15, 0.2) is 0 Å². The first-order chi connectivity index (χ1) is 6.72. The molecule has 0 unspecified atom stereocenters. The Balaban J connectivity index is 2.10. The normalized spacial score (nSPS) is 26.4. The van der Waals surface area contributed by atoms with Gasteiger partial charge < -0.3 is 19.7 Å². The molecule has 84 valence electrons. The van der Waals surface area contributed by atoms with E-state index in [1.54, 1.807) is 7.11 Å². The van der Waals surface area contributed by atoms with Crippen LogP contribution in [0.4, 0.5) is 0 Å². The van der Waals surface area contributed by atoms with E-state index in [9.17, 15) is 0 Å². The molecule has 0 spiro atoms. The van der Waals surface area contributed by atoms with Crippen molar-refractivity contribution in [1.82, 2.24) is 10.2 Å². The van der Waals surface area contributed by atoms with Crippen LogP contribution >= 0.6 is 0 Å². The highest BCUT2D eigenvalue weighted by atomic mass is 16.5. The Hall–Kier alpha value is -0.160. The summed E-state index contributed by atoms with van der Waals surface area (Å²) >= 11 is 0. The van der Waals surface area contributed by atoms with Crippen LogP contribution in [-0.4, -0.2) is 64.1 Å². The summed E-state index contributed by atoms with van der Waals surface area (Å²) in [6.07, 6.45) is 0.327. The molecule has 4 nitrogen and oxygen atoms in total. The van der Waals surface area contributed by atoms with Crippen molar-refractivity contribution in [1.29, 1.82) is 0 Å². The highest BCUT2D eigenvalue weighted by Gasteiger charge is 2.17. The average Bonchev–Trinajstić information content (AvgIpc) is 2.15. The van der Waals surface area contributed by atoms with Gasteiger partial charge in [-0.05, 0) is 14.0 Å². The molecule has 0 aromatic carbocycles. The van der Waals surface area contributed by atoms with Gasteiger partial charge in [0.25, 0.3) is 0 Å². The average molecular weight is 202 g/mol. The van der Waals surface area contributed by atoms with Crippen LogP contribution in [0, 0.1) is 0 Å². The Kier molecular flexibility index (Phi) is 5.40. The fraction of sp³-hybridized carbons (Fsp3) is 1.00. The number of morpholine rings is 1. The quantitative estimate of drug-likeness (QED) is 0.677. The maximum absolute atomic E-state index is 5.63. The summed E-state index contributed by atoms with van der Waals surface area (Å²) in [6.45, 7) is 6.70. The molecule has 1 aliphatic rings. The van der Waals surface area contributed by atoms with Gasteiger partial charge in [-0.25, -0.2) is 0 Å². The number of hydrogen-bond acceptors (Lipinski definition) is 4. The molecule has 2 atom stereocenters. The van der Waals surface area contributed by atoms with Crippen molar-refractivity contribution in [2.45, 2.75) is 19.1 Å². The molecule has 0 aromatic rings. The zero-order valence-corrected chi connectivity index (χ0v) is 9.45. The molecule has 1 fully saturated rings. The summed E-state index contributed by atoms with van der Waals surface area (Å²) in [7, 11) is 3.86. The van der Waals surface area contributed by atoms with Gasteiger partial charge in [0.1, 0.15) is 0 Å². The maximum atomic E-state index is 5.63. The molecule has 1 aliphatic heterocycles. The van der Waals surface area contributed by atoms with Crippen molar-refractivity contribution >= 4 is 0 Å². The fourth-order valence-corrected chi connectivity index (χ4v) is 1.63. The van der Waals surface area contributed by atoms with Crippen LogP contribution in [0.25, 0.3) is 0 Å². The number of hydrogen-bond donors (Lipinski definition) is 1. The number of methoxy groups -OCH3 is 1.